The Hall–Kier alpha value is -2.89. The van der Waals surface area contributed by atoms with E-state index < -0.39 is 6.04 Å². The molecule has 6 nitrogen and oxygen atoms in total. The van der Waals surface area contributed by atoms with Crippen LogP contribution in [0, 0.1) is 13.8 Å². The Morgan fingerprint density at radius 3 is 2.48 bits per heavy atom. The number of aryl methyl sites for hydroxylation is 2. The van der Waals surface area contributed by atoms with Crippen molar-refractivity contribution in [2.24, 2.45) is 7.05 Å². The number of carbonyl (C=O) groups excluding carboxylic acids is 2. The topological polar surface area (TPSA) is 67.2 Å². The van der Waals surface area contributed by atoms with Crippen LogP contribution in [0.5, 0.6) is 0 Å². The molecule has 2 rings (SSSR count). The van der Waals surface area contributed by atoms with Gasteiger partial charge in [0.15, 0.2) is 0 Å². The predicted molar refractivity (Wildman–Crippen MR) is 108 cm³/mol. The summed E-state index contributed by atoms with van der Waals surface area (Å²) in [5.41, 5.74) is 3.52. The second kappa shape index (κ2) is 9.16. The monoisotopic (exact) mass is 368 g/mol. The lowest BCUT2D eigenvalue weighted by Gasteiger charge is -2.27. The molecular formula is C21H28N4O2. The van der Waals surface area contributed by atoms with Gasteiger partial charge in [0.25, 0.3) is 0 Å². The van der Waals surface area contributed by atoms with Crippen LogP contribution in [0.15, 0.2) is 36.4 Å². The van der Waals surface area contributed by atoms with Crippen molar-refractivity contribution in [1.82, 2.24) is 14.7 Å². The summed E-state index contributed by atoms with van der Waals surface area (Å²) >= 11 is 0. The molecule has 27 heavy (non-hydrogen) atoms. The fourth-order valence-electron chi connectivity index (χ4n) is 2.93. The number of anilines is 1. The maximum atomic E-state index is 12.8. The molecule has 0 radical (unpaired) electrons. The number of rotatable bonds is 7. The molecular weight excluding hydrogens is 340 g/mol. The fourth-order valence-corrected chi connectivity index (χ4v) is 2.93. The molecule has 1 aromatic heterocycles. The summed E-state index contributed by atoms with van der Waals surface area (Å²) in [4.78, 5) is 26.9. The Balaban J connectivity index is 2.13. The average Bonchev–Trinajstić information content (AvgIpc) is 2.89. The van der Waals surface area contributed by atoms with Crippen LogP contribution in [-0.4, -0.2) is 39.1 Å². The van der Waals surface area contributed by atoms with E-state index >= 15 is 0 Å². The van der Waals surface area contributed by atoms with E-state index in [0.717, 1.165) is 29.1 Å². The van der Waals surface area contributed by atoms with Crippen molar-refractivity contribution in [1.29, 1.82) is 0 Å². The van der Waals surface area contributed by atoms with E-state index in [-0.39, 0.29) is 11.8 Å². The molecule has 0 aliphatic rings. The quantitative estimate of drug-likeness (QED) is 0.763. The normalized spacial score (nSPS) is 12.2. The van der Waals surface area contributed by atoms with Crippen LogP contribution in [0.1, 0.15) is 37.2 Å². The lowest BCUT2D eigenvalue weighted by Crippen LogP contribution is -2.45. The number of nitrogens with zero attached hydrogens (tertiary/aromatic N) is 3. The molecule has 2 aromatic rings. The van der Waals surface area contributed by atoms with Gasteiger partial charge >= 0.3 is 0 Å². The van der Waals surface area contributed by atoms with Crippen molar-refractivity contribution in [2.45, 2.75) is 40.2 Å². The molecule has 0 aliphatic carbocycles. The fraction of sp³-hybridized carbons (Fsp3) is 0.381. The van der Waals surface area contributed by atoms with Gasteiger partial charge in [-0.15, -0.1) is 0 Å². The summed E-state index contributed by atoms with van der Waals surface area (Å²) in [5.74, 6) is -0.389. The summed E-state index contributed by atoms with van der Waals surface area (Å²) in [7, 11) is 1.88. The van der Waals surface area contributed by atoms with Gasteiger partial charge < -0.3 is 10.2 Å². The second-order valence-electron chi connectivity index (χ2n) is 6.60. The van der Waals surface area contributed by atoms with Crippen molar-refractivity contribution in [3.63, 3.8) is 0 Å². The van der Waals surface area contributed by atoms with Gasteiger partial charge in [-0.2, -0.15) is 5.10 Å². The molecule has 6 heteroatoms. The first-order chi connectivity index (χ1) is 12.8. The molecule has 0 saturated carbocycles. The van der Waals surface area contributed by atoms with Crippen molar-refractivity contribution in [2.75, 3.05) is 11.9 Å². The molecule has 1 unspecified atom stereocenters. The Morgan fingerprint density at radius 2 is 1.93 bits per heavy atom. The van der Waals surface area contributed by atoms with Gasteiger partial charge in [0.05, 0.1) is 5.69 Å². The molecule has 0 saturated heterocycles. The van der Waals surface area contributed by atoms with E-state index in [1.807, 2.05) is 58.2 Å². The van der Waals surface area contributed by atoms with Gasteiger partial charge in [0, 0.05) is 36.6 Å². The van der Waals surface area contributed by atoms with Gasteiger partial charge in [-0.05, 0) is 45.4 Å². The zero-order valence-electron chi connectivity index (χ0n) is 16.7. The van der Waals surface area contributed by atoms with E-state index in [2.05, 4.69) is 10.4 Å². The number of benzene rings is 1. The van der Waals surface area contributed by atoms with Crippen LogP contribution in [0.2, 0.25) is 0 Å². The average molecular weight is 368 g/mol. The first-order valence-corrected chi connectivity index (χ1v) is 9.20. The summed E-state index contributed by atoms with van der Waals surface area (Å²) in [5, 5.41) is 7.22. The number of hydrogen-bond acceptors (Lipinski definition) is 3. The van der Waals surface area contributed by atoms with E-state index in [9.17, 15) is 9.59 Å². The first-order valence-electron chi connectivity index (χ1n) is 9.20. The van der Waals surface area contributed by atoms with Crippen molar-refractivity contribution >= 4 is 23.6 Å². The SMILES string of the molecule is CCCN(C(=O)/C=C/c1c(C)nn(C)c1C)C(C)C(=O)Nc1ccccc1. The molecule has 0 fully saturated rings. The van der Waals surface area contributed by atoms with Crippen LogP contribution in [-0.2, 0) is 16.6 Å². The van der Waals surface area contributed by atoms with E-state index in [1.54, 1.807) is 22.6 Å². The summed E-state index contributed by atoms with van der Waals surface area (Å²) in [6.07, 6.45) is 4.08. The van der Waals surface area contributed by atoms with E-state index in [0.29, 0.717) is 6.54 Å². The van der Waals surface area contributed by atoms with Crippen LogP contribution >= 0.6 is 0 Å². The van der Waals surface area contributed by atoms with Crippen molar-refractivity contribution in [3.8, 4) is 0 Å². The number of carbonyl (C=O) groups is 2. The minimum Gasteiger partial charge on any atom is -0.327 e. The van der Waals surface area contributed by atoms with Crippen molar-refractivity contribution < 1.29 is 9.59 Å². The second-order valence-corrected chi connectivity index (χ2v) is 6.60. The summed E-state index contributed by atoms with van der Waals surface area (Å²) < 4.78 is 1.79. The molecule has 1 N–H and O–H groups in total. The van der Waals surface area contributed by atoms with E-state index in [4.69, 9.17) is 0 Å². The molecule has 0 bridgehead atoms. The number of nitrogens with one attached hydrogen (secondary N) is 1. The standard InChI is InChI=1S/C21H28N4O2/c1-6-14-25(17(4)21(27)22-18-10-8-7-9-11-18)20(26)13-12-19-15(2)23-24(5)16(19)3/h7-13,17H,6,14H2,1-5H3,(H,22,27)/b13-12+. The van der Waals surface area contributed by atoms with Gasteiger partial charge in [0.1, 0.15) is 6.04 Å². The van der Waals surface area contributed by atoms with Crippen LogP contribution in [0.4, 0.5) is 5.69 Å². The minimum atomic E-state index is -0.571. The number of hydrogen-bond donors (Lipinski definition) is 1. The molecule has 0 spiro atoms. The number of para-hydroxylation sites is 1. The lowest BCUT2D eigenvalue weighted by molar-refractivity contribution is -0.134. The highest BCUT2D eigenvalue weighted by Crippen LogP contribution is 2.15. The van der Waals surface area contributed by atoms with Crippen LogP contribution < -0.4 is 5.32 Å². The van der Waals surface area contributed by atoms with Gasteiger partial charge in [0.2, 0.25) is 11.8 Å². The summed E-state index contributed by atoms with van der Waals surface area (Å²) in [6, 6.07) is 8.68. The maximum Gasteiger partial charge on any atom is 0.247 e. The Labute approximate surface area is 160 Å². The van der Waals surface area contributed by atoms with Crippen LogP contribution in [0.25, 0.3) is 6.08 Å². The summed E-state index contributed by atoms with van der Waals surface area (Å²) in [6.45, 7) is 8.12. The van der Waals surface area contributed by atoms with Crippen LogP contribution in [0.3, 0.4) is 0 Å². The molecule has 1 atom stereocenters. The van der Waals surface area contributed by atoms with Gasteiger partial charge in [-0.3, -0.25) is 14.3 Å². The molecule has 2 amide bonds. The smallest absolute Gasteiger partial charge is 0.247 e. The van der Waals surface area contributed by atoms with Gasteiger partial charge in [-0.25, -0.2) is 0 Å². The molecule has 144 valence electrons. The van der Waals surface area contributed by atoms with Gasteiger partial charge in [-0.1, -0.05) is 25.1 Å². The third-order valence-corrected chi connectivity index (χ3v) is 4.59. The maximum absolute atomic E-state index is 12.8. The number of aromatic nitrogens is 2. The molecule has 1 heterocycles. The zero-order valence-corrected chi connectivity index (χ0v) is 16.7. The Morgan fingerprint density at radius 1 is 1.26 bits per heavy atom. The third kappa shape index (κ3) is 5.06. The van der Waals surface area contributed by atoms with Crippen molar-refractivity contribution in [3.05, 3.63) is 53.4 Å². The largest absolute Gasteiger partial charge is 0.327 e. The predicted octanol–water partition coefficient (Wildman–Crippen LogP) is 3.32. The highest BCUT2D eigenvalue weighted by molar-refractivity contribution is 5.99. The minimum absolute atomic E-state index is 0.185. The Bertz CT molecular complexity index is 824. The van der Waals surface area contributed by atoms with E-state index in [1.165, 1.54) is 6.08 Å². The highest BCUT2D eigenvalue weighted by atomic mass is 16.2. The number of amides is 2. The molecule has 1 aromatic carbocycles. The zero-order chi connectivity index (χ0) is 20.0. The first kappa shape index (κ1) is 20.4. The molecule has 0 aliphatic heterocycles. The Kier molecular flexibility index (Phi) is 6.93. The lowest BCUT2D eigenvalue weighted by atomic mass is 10.1. The third-order valence-electron chi connectivity index (χ3n) is 4.59. The highest BCUT2D eigenvalue weighted by Gasteiger charge is 2.24.